The van der Waals surface area contributed by atoms with Crippen molar-refractivity contribution in [1.82, 2.24) is 4.98 Å². The first-order valence-corrected chi connectivity index (χ1v) is 7.33. The SMILES string of the molecule is Cc1coc(SCCCC(=O)Nc2ccccc2N)n1. The number of carbonyl (C=O) groups excluding carboxylic acids is 1. The van der Waals surface area contributed by atoms with Gasteiger partial charge in [0.25, 0.3) is 5.22 Å². The molecule has 0 unspecified atom stereocenters. The summed E-state index contributed by atoms with van der Waals surface area (Å²) in [6, 6.07) is 7.22. The molecule has 1 heterocycles. The second-order valence-electron chi connectivity index (χ2n) is 4.34. The van der Waals surface area contributed by atoms with E-state index in [1.54, 1.807) is 18.4 Å². The summed E-state index contributed by atoms with van der Waals surface area (Å²) in [6.07, 6.45) is 2.82. The summed E-state index contributed by atoms with van der Waals surface area (Å²) >= 11 is 1.51. The van der Waals surface area contributed by atoms with Crippen molar-refractivity contribution in [2.24, 2.45) is 0 Å². The molecule has 0 spiro atoms. The van der Waals surface area contributed by atoms with Crippen LogP contribution in [0.5, 0.6) is 0 Å². The third-order valence-corrected chi connectivity index (χ3v) is 3.53. The Kier molecular flexibility index (Phi) is 5.06. The fraction of sp³-hybridized carbons (Fsp3) is 0.286. The number of rotatable bonds is 6. The Morgan fingerprint density at radius 3 is 2.95 bits per heavy atom. The van der Waals surface area contributed by atoms with Gasteiger partial charge in [-0.05, 0) is 25.5 Å². The van der Waals surface area contributed by atoms with Crippen molar-refractivity contribution in [3.63, 3.8) is 0 Å². The highest BCUT2D eigenvalue weighted by molar-refractivity contribution is 7.99. The Morgan fingerprint density at radius 1 is 1.45 bits per heavy atom. The maximum atomic E-state index is 11.8. The number of para-hydroxylation sites is 2. The van der Waals surface area contributed by atoms with Gasteiger partial charge in [0.2, 0.25) is 5.91 Å². The van der Waals surface area contributed by atoms with Crippen molar-refractivity contribution >= 4 is 29.0 Å². The molecule has 0 saturated carbocycles. The molecule has 5 nitrogen and oxygen atoms in total. The van der Waals surface area contributed by atoms with Crippen LogP contribution < -0.4 is 11.1 Å². The Labute approximate surface area is 122 Å². The summed E-state index contributed by atoms with van der Waals surface area (Å²) in [6.45, 7) is 1.88. The molecule has 1 aromatic heterocycles. The quantitative estimate of drug-likeness (QED) is 0.485. The van der Waals surface area contributed by atoms with Gasteiger partial charge in [0, 0.05) is 12.2 Å². The van der Waals surface area contributed by atoms with E-state index < -0.39 is 0 Å². The van der Waals surface area contributed by atoms with Crippen LogP contribution in [0.2, 0.25) is 0 Å². The summed E-state index contributed by atoms with van der Waals surface area (Å²) in [4.78, 5) is 16.0. The monoisotopic (exact) mass is 291 g/mol. The number of anilines is 2. The van der Waals surface area contributed by atoms with Crippen LogP contribution in [0.15, 0.2) is 40.2 Å². The standard InChI is InChI=1S/C14H17N3O2S/c1-10-9-19-14(16-10)20-8-4-7-13(18)17-12-6-3-2-5-11(12)15/h2-3,5-6,9H,4,7-8,15H2,1H3,(H,17,18). The molecule has 106 valence electrons. The van der Waals surface area contributed by atoms with E-state index in [9.17, 15) is 4.79 Å². The largest absolute Gasteiger partial charge is 0.440 e. The Bertz CT molecular complexity index is 583. The van der Waals surface area contributed by atoms with Crippen LogP contribution in [0.1, 0.15) is 18.5 Å². The first-order chi connectivity index (χ1) is 9.65. The smallest absolute Gasteiger partial charge is 0.255 e. The number of nitrogens with two attached hydrogens (primary N) is 1. The zero-order chi connectivity index (χ0) is 14.4. The number of hydrogen-bond acceptors (Lipinski definition) is 5. The van der Waals surface area contributed by atoms with Crippen molar-refractivity contribution in [3.05, 3.63) is 36.2 Å². The maximum absolute atomic E-state index is 11.8. The molecule has 1 aromatic carbocycles. The highest BCUT2D eigenvalue weighted by atomic mass is 32.2. The lowest BCUT2D eigenvalue weighted by molar-refractivity contribution is -0.116. The number of thioether (sulfide) groups is 1. The van der Waals surface area contributed by atoms with Crippen LogP contribution in [-0.4, -0.2) is 16.6 Å². The van der Waals surface area contributed by atoms with Crippen molar-refractivity contribution < 1.29 is 9.21 Å². The van der Waals surface area contributed by atoms with Crippen LogP contribution in [-0.2, 0) is 4.79 Å². The molecule has 0 saturated heterocycles. The first kappa shape index (κ1) is 14.5. The lowest BCUT2D eigenvalue weighted by atomic mass is 10.2. The summed E-state index contributed by atoms with van der Waals surface area (Å²) in [7, 11) is 0. The number of nitrogens with one attached hydrogen (secondary N) is 1. The van der Waals surface area contributed by atoms with E-state index in [4.69, 9.17) is 10.2 Å². The highest BCUT2D eigenvalue weighted by Crippen LogP contribution is 2.19. The normalized spacial score (nSPS) is 10.4. The second-order valence-corrected chi connectivity index (χ2v) is 5.39. The Hall–Kier alpha value is -1.95. The van der Waals surface area contributed by atoms with E-state index >= 15 is 0 Å². The summed E-state index contributed by atoms with van der Waals surface area (Å²) in [5, 5.41) is 3.45. The van der Waals surface area contributed by atoms with Gasteiger partial charge >= 0.3 is 0 Å². The van der Waals surface area contributed by atoms with E-state index in [-0.39, 0.29) is 5.91 Å². The number of benzene rings is 1. The second kappa shape index (κ2) is 7.00. The zero-order valence-corrected chi connectivity index (χ0v) is 12.1. The maximum Gasteiger partial charge on any atom is 0.255 e. The average molecular weight is 291 g/mol. The van der Waals surface area contributed by atoms with Crippen LogP contribution in [0.3, 0.4) is 0 Å². The van der Waals surface area contributed by atoms with Crippen molar-refractivity contribution in [2.45, 2.75) is 25.0 Å². The van der Waals surface area contributed by atoms with Crippen LogP contribution in [0.25, 0.3) is 0 Å². The molecule has 2 aromatic rings. The minimum Gasteiger partial charge on any atom is -0.440 e. The molecule has 20 heavy (non-hydrogen) atoms. The summed E-state index contributed by atoms with van der Waals surface area (Å²) in [5.74, 6) is 0.754. The van der Waals surface area contributed by atoms with E-state index in [1.807, 2.05) is 19.1 Å². The van der Waals surface area contributed by atoms with Crippen molar-refractivity contribution in [3.8, 4) is 0 Å². The number of aromatic nitrogens is 1. The molecule has 0 fully saturated rings. The van der Waals surface area contributed by atoms with Crippen molar-refractivity contribution in [1.29, 1.82) is 0 Å². The molecule has 0 radical (unpaired) electrons. The van der Waals surface area contributed by atoms with E-state index in [0.29, 0.717) is 23.0 Å². The number of carbonyl (C=O) groups is 1. The molecule has 0 bridgehead atoms. The molecule has 3 N–H and O–H groups in total. The molecular formula is C14H17N3O2S. The Morgan fingerprint density at radius 2 is 2.25 bits per heavy atom. The third-order valence-electron chi connectivity index (χ3n) is 2.61. The number of nitrogens with zero attached hydrogens (tertiary/aromatic N) is 1. The van der Waals surface area contributed by atoms with E-state index in [0.717, 1.165) is 17.9 Å². The third kappa shape index (κ3) is 4.31. The minimum absolute atomic E-state index is 0.0351. The fourth-order valence-electron chi connectivity index (χ4n) is 1.61. The molecule has 0 aliphatic heterocycles. The van der Waals surface area contributed by atoms with Crippen LogP contribution >= 0.6 is 11.8 Å². The van der Waals surface area contributed by atoms with Crippen LogP contribution in [0, 0.1) is 6.92 Å². The molecule has 0 atom stereocenters. The summed E-state index contributed by atoms with van der Waals surface area (Å²) < 4.78 is 5.22. The number of amides is 1. The lowest BCUT2D eigenvalue weighted by Crippen LogP contribution is -2.12. The van der Waals surface area contributed by atoms with Gasteiger partial charge in [-0.15, -0.1) is 0 Å². The van der Waals surface area contributed by atoms with Gasteiger partial charge in [-0.25, -0.2) is 4.98 Å². The fourth-order valence-corrected chi connectivity index (χ4v) is 2.40. The summed E-state index contributed by atoms with van der Waals surface area (Å²) in [5.41, 5.74) is 7.86. The zero-order valence-electron chi connectivity index (χ0n) is 11.3. The van der Waals surface area contributed by atoms with Gasteiger partial charge in [-0.2, -0.15) is 0 Å². The van der Waals surface area contributed by atoms with Gasteiger partial charge in [-0.1, -0.05) is 23.9 Å². The van der Waals surface area contributed by atoms with Gasteiger partial charge < -0.3 is 15.5 Å². The molecule has 0 aliphatic rings. The molecule has 0 aliphatic carbocycles. The van der Waals surface area contributed by atoms with E-state index in [1.165, 1.54) is 11.8 Å². The van der Waals surface area contributed by atoms with Crippen molar-refractivity contribution in [2.75, 3.05) is 16.8 Å². The lowest BCUT2D eigenvalue weighted by Gasteiger charge is -2.07. The molecule has 1 amide bonds. The highest BCUT2D eigenvalue weighted by Gasteiger charge is 2.06. The molecule has 2 rings (SSSR count). The molecule has 6 heteroatoms. The number of nitrogen functional groups attached to an aromatic ring is 1. The number of oxazole rings is 1. The predicted octanol–water partition coefficient (Wildman–Crippen LogP) is 3.08. The first-order valence-electron chi connectivity index (χ1n) is 6.34. The van der Waals surface area contributed by atoms with E-state index in [2.05, 4.69) is 10.3 Å². The van der Waals surface area contributed by atoms with Gasteiger partial charge in [0.15, 0.2) is 0 Å². The minimum atomic E-state index is -0.0351. The van der Waals surface area contributed by atoms with Gasteiger partial charge in [0.1, 0.15) is 6.26 Å². The predicted molar refractivity (Wildman–Crippen MR) is 80.7 cm³/mol. The topological polar surface area (TPSA) is 81.2 Å². The molecular weight excluding hydrogens is 274 g/mol. The van der Waals surface area contributed by atoms with Gasteiger partial charge in [-0.3, -0.25) is 4.79 Å². The average Bonchev–Trinajstić information content (AvgIpc) is 2.83. The number of aryl methyl sites for hydroxylation is 1. The van der Waals surface area contributed by atoms with Gasteiger partial charge in [0.05, 0.1) is 17.1 Å². The number of hydrogen-bond donors (Lipinski definition) is 2. The van der Waals surface area contributed by atoms with Crippen LogP contribution in [0.4, 0.5) is 11.4 Å². The Balaban J connectivity index is 1.69.